The number of hydrogen-bond donors (Lipinski definition) is 1. The summed E-state index contributed by atoms with van der Waals surface area (Å²) >= 11 is 2.00. The number of unbranched alkanes of at least 4 members (excludes halogenated alkanes) is 2. The highest BCUT2D eigenvalue weighted by atomic mass is 32.2. The van der Waals surface area contributed by atoms with E-state index >= 15 is 0 Å². The van der Waals surface area contributed by atoms with Crippen molar-refractivity contribution in [2.75, 3.05) is 18.8 Å². The summed E-state index contributed by atoms with van der Waals surface area (Å²) in [5.74, 6) is 1.09. The molecule has 0 saturated heterocycles. The Hall–Kier alpha value is 0.0500. The van der Waals surface area contributed by atoms with Crippen molar-refractivity contribution >= 4 is 11.8 Å². The van der Waals surface area contributed by atoms with Crippen LogP contribution in [-0.4, -0.2) is 24.1 Å². The number of rotatable bonds is 11. The Labute approximate surface area is 100 Å². The van der Waals surface area contributed by atoms with Gasteiger partial charge in [-0.2, -0.15) is 11.8 Å². The van der Waals surface area contributed by atoms with Gasteiger partial charge < -0.3 is 5.32 Å². The topological polar surface area (TPSA) is 12.0 Å². The van der Waals surface area contributed by atoms with Crippen molar-refractivity contribution in [1.82, 2.24) is 5.32 Å². The largest absolute Gasteiger partial charge is 0.317 e. The van der Waals surface area contributed by atoms with Crippen molar-refractivity contribution in [3.8, 4) is 0 Å². The van der Waals surface area contributed by atoms with Crippen LogP contribution < -0.4 is 5.32 Å². The predicted molar refractivity (Wildman–Crippen MR) is 73.7 cm³/mol. The molecule has 0 rings (SSSR count). The average molecular weight is 229 g/mol. The number of hydrogen-bond acceptors (Lipinski definition) is 2. The summed E-state index contributed by atoms with van der Waals surface area (Å²) in [4.78, 5) is 0. The lowest BCUT2D eigenvalue weighted by Gasteiger charge is -2.09. The lowest BCUT2D eigenvalue weighted by atomic mass is 10.2. The van der Waals surface area contributed by atoms with Crippen LogP contribution in [0.3, 0.4) is 0 Å². The summed E-state index contributed by atoms with van der Waals surface area (Å²) in [6.45, 7) is 10.7. The normalized spacial score (nSPS) is 12.7. The Bertz CT molecular complexity index is 136. The quantitative estimate of drug-likeness (QED) is 0.426. The molecule has 1 unspecified atom stereocenters. The molecule has 1 nitrogen and oxygen atoms in total. The van der Waals surface area contributed by atoms with Crippen LogP contribution in [0.15, 0.2) is 12.7 Å². The zero-order valence-corrected chi connectivity index (χ0v) is 11.2. The second kappa shape index (κ2) is 12.1. The monoisotopic (exact) mass is 229 g/mol. The van der Waals surface area contributed by atoms with E-state index in [1.54, 1.807) is 0 Å². The van der Waals surface area contributed by atoms with E-state index in [2.05, 4.69) is 25.7 Å². The van der Waals surface area contributed by atoms with E-state index in [9.17, 15) is 0 Å². The minimum atomic E-state index is 0.778. The maximum atomic E-state index is 3.74. The van der Waals surface area contributed by atoms with Crippen molar-refractivity contribution in [3.05, 3.63) is 12.7 Å². The fourth-order valence-corrected chi connectivity index (χ4v) is 2.25. The molecule has 0 fully saturated rings. The highest BCUT2D eigenvalue weighted by molar-refractivity contribution is 8.00. The molecular formula is C13H27NS. The van der Waals surface area contributed by atoms with Gasteiger partial charge >= 0.3 is 0 Å². The molecule has 0 bridgehead atoms. The Morgan fingerprint density at radius 2 is 2.00 bits per heavy atom. The molecule has 0 saturated carbocycles. The van der Waals surface area contributed by atoms with E-state index in [0.29, 0.717) is 0 Å². The van der Waals surface area contributed by atoms with E-state index in [4.69, 9.17) is 0 Å². The molecular weight excluding hydrogens is 202 g/mol. The number of thioether (sulfide) groups is 1. The lowest BCUT2D eigenvalue weighted by molar-refractivity contribution is 0.585. The molecule has 1 N–H and O–H groups in total. The predicted octanol–water partition coefficient (Wildman–Crippen LogP) is 3.85. The van der Waals surface area contributed by atoms with Crippen LogP contribution in [0.1, 0.15) is 46.0 Å². The molecule has 2 heteroatoms. The van der Waals surface area contributed by atoms with Crippen LogP contribution in [0.5, 0.6) is 0 Å². The van der Waals surface area contributed by atoms with Gasteiger partial charge in [0.15, 0.2) is 0 Å². The van der Waals surface area contributed by atoms with Crippen LogP contribution in [0.4, 0.5) is 0 Å². The van der Waals surface area contributed by atoms with Gasteiger partial charge in [0.05, 0.1) is 0 Å². The maximum absolute atomic E-state index is 3.74. The van der Waals surface area contributed by atoms with Gasteiger partial charge in [-0.3, -0.25) is 0 Å². The molecule has 0 aliphatic heterocycles. The van der Waals surface area contributed by atoms with E-state index in [-0.39, 0.29) is 0 Å². The van der Waals surface area contributed by atoms with Crippen LogP contribution in [-0.2, 0) is 0 Å². The third-order valence-electron chi connectivity index (χ3n) is 2.42. The molecule has 0 aliphatic rings. The summed E-state index contributed by atoms with van der Waals surface area (Å²) in [6, 6.07) is 0. The van der Waals surface area contributed by atoms with Gasteiger partial charge in [-0.05, 0) is 32.4 Å². The minimum absolute atomic E-state index is 0.778. The van der Waals surface area contributed by atoms with Crippen molar-refractivity contribution in [1.29, 1.82) is 0 Å². The molecule has 0 aromatic carbocycles. The summed E-state index contributed by atoms with van der Waals surface area (Å²) < 4.78 is 0. The lowest BCUT2D eigenvalue weighted by Crippen LogP contribution is -2.17. The molecule has 0 aromatic rings. The molecule has 0 aromatic heterocycles. The van der Waals surface area contributed by atoms with Gasteiger partial charge in [0.2, 0.25) is 0 Å². The smallest absolute Gasteiger partial charge is 0.0113 e. The van der Waals surface area contributed by atoms with Crippen molar-refractivity contribution in [2.45, 2.75) is 51.2 Å². The second-order valence-electron chi connectivity index (χ2n) is 4.03. The zero-order valence-electron chi connectivity index (χ0n) is 10.4. The van der Waals surface area contributed by atoms with E-state index in [1.807, 2.05) is 17.8 Å². The van der Waals surface area contributed by atoms with Crippen LogP contribution in [0.2, 0.25) is 0 Å². The first kappa shape index (κ1) is 15.0. The first-order chi connectivity index (χ1) is 7.31. The fraction of sp³-hybridized carbons (Fsp3) is 0.846. The molecule has 0 spiro atoms. The molecule has 1 atom stereocenters. The highest BCUT2D eigenvalue weighted by Crippen LogP contribution is 2.14. The van der Waals surface area contributed by atoms with Gasteiger partial charge in [-0.1, -0.05) is 32.8 Å². The van der Waals surface area contributed by atoms with E-state index in [0.717, 1.165) is 11.0 Å². The highest BCUT2D eigenvalue weighted by Gasteiger charge is 2.00. The van der Waals surface area contributed by atoms with E-state index in [1.165, 1.54) is 45.2 Å². The van der Waals surface area contributed by atoms with Crippen LogP contribution >= 0.6 is 11.8 Å². The van der Waals surface area contributed by atoms with E-state index < -0.39 is 0 Å². The molecule has 0 radical (unpaired) electrons. The summed E-state index contributed by atoms with van der Waals surface area (Å²) in [6.07, 6.45) is 8.62. The fourth-order valence-electron chi connectivity index (χ4n) is 1.46. The molecule has 0 aliphatic carbocycles. The molecule has 0 amide bonds. The Kier molecular flexibility index (Phi) is 12.2. The molecule has 90 valence electrons. The second-order valence-corrected chi connectivity index (χ2v) is 5.50. The molecule has 0 heterocycles. The number of nitrogens with one attached hydrogen (secondary N) is 1. The van der Waals surface area contributed by atoms with Crippen LogP contribution in [0.25, 0.3) is 0 Å². The Morgan fingerprint density at radius 1 is 1.27 bits per heavy atom. The van der Waals surface area contributed by atoms with Crippen molar-refractivity contribution in [2.24, 2.45) is 0 Å². The van der Waals surface area contributed by atoms with Crippen molar-refractivity contribution < 1.29 is 0 Å². The van der Waals surface area contributed by atoms with Crippen LogP contribution in [0, 0.1) is 0 Å². The van der Waals surface area contributed by atoms with Gasteiger partial charge in [-0.15, -0.1) is 6.58 Å². The average Bonchev–Trinajstić information content (AvgIpc) is 2.25. The third-order valence-corrected chi connectivity index (χ3v) is 3.65. The van der Waals surface area contributed by atoms with Crippen molar-refractivity contribution in [3.63, 3.8) is 0 Å². The first-order valence-electron chi connectivity index (χ1n) is 6.24. The zero-order chi connectivity index (χ0) is 11.4. The maximum Gasteiger partial charge on any atom is 0.0113 e. The minimum Gasteiger partial charge on any atom is -0.317 e. The van der Waals surface area contributed by atoms with Gasteiger partial charge in [-0.25, -0.2) is 0 Å². The first-order valence-corrected chi connectivity index (χ1v) is 7.29. The van der Waals surface area contributed by atoms with Gasteiger partial charge in [0.25, 0.3) is 0 Å². The third kappa shape index (κ3) is 12.0. The SMILES string of the molecule is C=CCSC(C)CCCNCCCCC. The summed E-state index contributed by atoms with van der Waals surface area (Å²) in [5.41, 5.74) is 0. The standard InChI is InChI=1S/C13H27NS/c1-4-6-7-10-14-11-8-9-13(3)15-12-5-2/h5,13-14H,2,4,6-12H2,1,3H3. The molecule has 15 heavy (non-hydrogen) atoms. The Balaban J connectivity index is 3.05. The van der Waals surface area contributed by atoms with Gasteiger partial charge in [0, 0.05) is 11.0 Å². The summed E-state index contributed by atoms with van der Waals surface area (Å²) in [7, 11) is 0. The Morgan fingerprint density at radius 3 is 2.67 bits per heavy atom. The summed E-state index contributed by atoms with van der Waals surface area (Å²) in [5, 5.41) is 4.28. The van der Waals surface area contributed by atoms with Gasteiger partial charge in [0.1, 0.15) is 0 Å².